The summed E-state index contributed by atoms with van der Waals surface area (Å²) < 4.78 is 34.0. The second-order valence-electron chi connectivity index (χ2n) is 5.57. The van der Waals surface area contributed by atoms with Crippen LogP contribution >= 0.6 is 0 Å². The Kier molecular flexibility index (Phi) is 4.97. The van der Waals surface area contributed by atoms with Crippen molar-refractivity contribution in [1.29, 1.82) is 0 Å². The van der Waals surface area contributed by atoms with Crippen LogP contribution in [0.2, 0.25) is 0 Å². The Morgan fingerprint density at radius 2 is 1.76 bits per heavy atom. The maximum atomic E-state index is 12.2. The molecule has 0 unspecified atom stereocenters. The zero-order chi connectivity index (χ0) is 17.8. The number of anilines is 1. The number of rotatable bonds is 6. The SMILES string of the molecule is COc1ccc2nc(C)cc(NCc3ccc(OC(F)F)cc3)c2c1. The summed E-state index contributed by atoms with van der Waals surface area (Å²) in [5.74, 6) is 0.906. The highest BCUT2D eigenvalue weighted by Crippen LogP contribution is 2.27. The standard InChI is InChI=1S/C19H18F2N2O2/c1-12-9-18(16-10-15(24-2)7-8-17(16)23-12)22-11-13-3-5-14(6-4-13)25-19(20)21/h3-10,19H,11H2,1-2H3,(H,22,23). The predicted molar refractivity (Wildman–Crippen MR) is 93.4 cm³/mol. The van der Waals surface area contributed by atoms with Gasteiger partial charge in [-0.05, 0) is 48.9 Å². The fraction of sp³-hybridized carbons (Fsp3) is 0.211. The van der Waals surface area contributed by atoms with Gasteiger partial charge < -0.3 is 14.8 Å². The molecule has 2 aromatic carbocycles. The molecule has 4 nitrogen and oxygen atoms in total. The molecule has 0 atom stereocenters. The molecule has 130 valence electrons. The Morgan fingerprint density at radius 1 is 1.04 bits per heavy atom. The molecule has 0 bridgehead atoms. The summed E-state index contributed by atoms with van der Waals surface area (Å²) in [5.41, 5.74) is 3.67. The lowest BCUT2D eigenvalue weighted by Crippen LogP contribution is -2.03. The molecule has 0 aliphatic heterocycles. The number of aryl methyl sites for hydroxylation is 1. The molecular weight excluding hydrogens is 326 g/mol. The van der Waals surface area contributed by atoms with Gasteiger partial charge in [0.15, 0.2) is 0 Å². The minimum absolute atomic E-state index is 0.147. The van der Waals surface area contributed by atoms with Crippen LogP contribution in [0.5, 0.6) is 11.5 Å². The number of fused-ring (bicyclic) bond motifs is 1. The van der Waals surface area contributed by atoms with E-state index < -0.39 is 6.61 Å². The van der Waals surface area contributed by atoms with E-state index in [1.807, 2.05) is 31.2 Å². The zero-order valence-electron chi connectivity index (χ0n) is 13.9. The van der Waals surface area contributed by atoms with Gasteiger partial charge >= 0.3 is 6.61 Å². The van der Waals surface area contributed by atoms with Crippen LogP contribution in [0.15, 0.2) is 48.5 Å². The number of nitrogens with one attached hydrogen (secondary N) is 1. The number of pyridine rings is 1. The molecule has 25 heavy (non-hydrogen) atoms. The fourth-order valence-electron chi connectivity index (χ4n) is 2.60. The molecule has 1 N–H and O–H groups in total. The van der Waals surface area contributed by atoms with E-state index in [9.17, 15) is 8.78 Å². The number of aromatic nitrogens is 1. The van der Waals surface area contributed by atoms with Crippen molar-refractivity contribution < 1.29 is 18.3 Å². The lowest BCUT2D eigenvalue weighted by atomic mass is 10.1. The highest BCUT2D eigenvalue weighted by atomic mass is 19.3. The highest BCUT2D eigenvalue weighted by Gasteiger charge is 2.07. The maximum absolute atomic E-state index is 12.2. The Labute approximate surface area is 144 Å². The number of hydrogen-bond donors (Lipinski definition) is 1. The predicted octanol–water partition coefficient (Wildman–Crippen LogP) is 4.77. The minimum atomic E-state index is -2.81. The Morgan fingerprint density at radius 3 is 2.44 bits per heavy atom. The molecule has 6 heteroatoms. The van der Waals surface area contributed by atoms with Gasteiger partial charge in [0, 0.05) is 23.3 Å². The van der Waals surface area contributed by atoms with Gasteiger partial charge in [-0.25, -0.2) is 0 Å². The molecule has 3 aromatic rings. The quantitative estimate of drug-likeness (QED) is 0.700. The van der Waals surface area contributed by atoms with Crippen molar-refractivity contribution in [2.75, 3.05) is 12.4 Å². The van der Waals surface area contributed by atoms with E-state index in [2.05, 4.69) is 15.0 Å². The van der Waals surface area contributed by atoms with E-state index in [1.54, 1.807) is 19.2 Å². The molecule has 0 radical (unpaired) electrons. The van der Waals surface area contributed by atoms with Crippen LogP contribution in [0, 0.1) is 6.92 Å². The number of hydrogen-bond acceptors (Lipinski definition) is 4. The van der Waals surface area contributed by atoms with Crippen molar-refractivity contribution in [2.24, 2.45) is 0 Å². The van der Waals surface area contributed by atoms with Crippen molar-refractivity contribution in [2.45, 2.75) is 20.1 Å². The van der Waals surface area contributed by atoms with E-state index in [0.29, 0.717) is 6.54 Å². The molecule has 0 aliphatic carbocycles. The van der Waals surface area contributed by atoms with Crippen LogP contribution in [0.25, 0.3) is 10.9 Å². The monoisotopic (exact) mass is 344 g/mol. The number of benzene rings is 2. The van der Waals surface area contributed by atoms with Gasteiger partial charge in [0.2, 0.25) is 0 Å². The molecule has 0 amide bonds. The number of methoxy groups -OCH3 is 1. The second kappa shape index (κ2) is 7.34. The Bertz CT molecular complexity index is 867. The Balaban J connectivity index is 1.80. The lowest BCUT2D eigenvalue weighted by molar-refractivity contribution is -0.0498. The smallest absolute Gasteiger partial charge is 0.387 e. The topological polar surface area (TPSA) is 43.4 Å². The maximum Gasteiger partial charge on any atom is 0.387 e. The summed E-state index contributed by atoms with van der Waals surface area (Å²) in [7, 11) is 1.62. The van der Waals surface area contributed by atoms with E-state index in [1.165, 1.54) is 12.1 Å². The van der Waals surface area contributed by atoms with Gasteiger partial charge in [-0.15, -0.1) is 0 Å². The van der Waals surface area contributed by atoms with E-state index in [4.69, 9.17) is 4.74 Å². The third-order valence-corrected chi connectivity index (χ3v) is 3.78. The van der Waals surface area contributed by atoms with Gasteiger partial charge in [0.05, 0.1) is 12.6 Å². The van der Waals surface area contributed by atoms with Crippen molar-refractivity contribution in [3.8, 4) is 11.5 Å². The number of nitrogens with zero attached hydrogens (tertiary/aromatic N) is 1. The molecule has 0 fully saturated rings. The largest absolute Gasteiger partial charge is 0.497 e. The summed E-state index contributed by atoms with van der Waals surface area (Å²) in [6, 6.07) is 14.3. The van der Waals surface area contributed by atoms with Gasteiger partial charge in [-0.3, -0.25) is 4.98 Å². The van der Waals surface area contributed by atoms with E-state index in [-0.39, 0.29) is 5.75 Å². The molecule has 1 aromatic heterocycles. The van der Waals surface area contributed by atoms with Crippen molar-refractivity contribution >= 4 is 16.6 Å². The number of halogens is 2. The second-order valence-corrected chi connectivity index (χ2v) is 5.57. The van der Waals surface area contributed by atoms with Crippen LogP contribution in [-0.2, 0) is 6.54 Å². The summed E-state index contributed by atoms with van der Waals surface area (Å²) >= 11 is 0. The normalized spacial score (nSPS) is 10.9. The minimum Gasteiger partial charge on any atom is -0.497 e. The van der Waals surface area contributed by atoms with Crippen LogP contribution in [0.1, 0.15) is 11.3 Å². The van der Waals surface area contributed by atoms with Crippen molar-refractivity contribution in [3.63, 3.8) is 0 Å². The summed E-state index contributed by atoms with van der Waals surface area (Å²) in [6.45, 7) is -0.333. The molecule has 1 heterocycles. The molecule has 0 spiro atoms. The summed E-state index contributed by atoms with van der Waals surface area (Å²) in [5, 5.41) is 4.33. The number of ether oxygens (including phenoxy) is 2. The lowest BCUT2D eigenvalue weighted by Gasteiger charge is -2.12. The molecule has 0 aliphatic rings. The Hall–Kier alpha value is -2.89. The van der Waals surface area contributed by atoms with Crippen LogP contribution < -0.4 is 14.8 Å². The molecule has 3 rings (SSSR count). The van der Waals surface area contributed by atoms with Gasteiger partial charge in [0.25, 0.3) is 0 Å². The van der Waals surface area contributed by atoms with Crippen molar-refractivity contribution in [3.05, 3.63) is 59.8 Å². The van der Waals surface area contributed by atoms with Crippen LogP contribution in [-0.4, -0.2) is 18.7 Å². The van der Waals surface area contributed by atoms with Gasteiger partial charge in [-0.1, -0.05) is 12.1 Å². The van der Waals surface area contributed by atoms with Crippen LogP contribution in [0.3, 0.4) is 0 Å². The average Bonchev–Trinajstić information content (AvgIpc) is 2.60. The molecule has 0 saturated carbocycles. The average molecular weight is 344 g/mol. The zero-order valence-corrected chi connectivity index (χ0v) is 13.9. The van der Waals surface area contributed by atoms with E-state index in [0.717, 1.165) is 33.6 Å². The fourth-order valence-corrected chi connectivity index (χ4v) is 2.60. The first kappa shape index (κ1) is 17.0. The third-order valence-electron chi connectivity index (χ3n) is 3.78. The first-order valence-electron chi connectivity index (χ1n) is 7.78. The van der Waals surface area contributed by atoms with Gasteiger partial charge in [0.1, 0.15) is 11.5 Å². The summed E-state index contributed by atoms with van der Waals surface area (Å²) in [4.78, 5) is 4.52. The van der Waals surface area contributed by atoms with Crippen LogP contribution in [0.4, 0.5) is 14.5 Å². The first-order valence-corrected chi connectivity index (χ1v) is 7.78. The number of alkyl halides is 2. The highest BCUT2D eigenvalue weighted by molar-refractivity contribution is 5.92. The third kappa shape index (κ3) is 4.15. The molecule has 0 saturated heterocycles. The molecular formula is C19H18F2N2O2. The van der Waals surface area contributed by atoms with E-state index >= 15 is 0 Å². The van der Waals surface area contributed by atoms with Gasteiger partial charge in [-0.2, -0.15) is 8.78 Å². The first-order chi connectivity index (χ1) is 12.0. The van der Waals surface area contributed by atoms with Crippen molar-refractivity contribution in [1.82, 2.24) is 4.98 Å². The summed E-state index contributed by atoms with van der Waals surface area (Å²) in [6.07, 6.45) is 0.